The van der Waals surface area contributed by atoms with Crippen molar-refractivity contribution in [2.75, 3.05) is 13.2 Å². The Morgan fingerprint density at radius 3 is 2.55 bits per heavy atom. The van der Waals surface area contributed by atoms with Crippen molar-refractivity contribution in [1.29, 1.82) is 0 Å². The lowest BCUT2D eigenvalue weighted by molar-refractivity contribution is 0.0715. The Kier molecular flexibility index (Phi) is 6.28. The summed E-state index contributed by atoms with van der Waals surface area (Å²) in [6, 6.07) is 0. The average Bonchev–Trinajstić information content (AvgIpc) is 2.01. The van der Waals surface area contributed by atoms with Crippen molar-refractivity contribution in [3.8, 4) is 0 Å². The Bertz CT molecular complexity index is 129. The smallest absolute Gasteiger partial charge is 0.320 e. The third kappa shape index (κ3) is 5.33. The van der Waals surface area contributed by atoms with E-state index in [0.717, 1.165) is 0 Å². The SMILES string of the molecule is C=COC(=COCC)OCC. The molecule has 0 rings (SSSR count). The predicted octanol–water partition coefficient (Wildman–Crippen LogP) is 2.02. The van der Waals surface area contributed by atoms with E-state index in [-0.39, 0.29) is 0 Å². The third-order valence-electron chi connectivity index (χ3n) is 0.832. The second kappa shape index (κ2) is 6.99. The zero-order valence-corrected chi connectivity index (χ0v) is 7.00. The summed E-state index contributed by atoms with van der Waals surface area (Å²) < 4.78 is 14.8. The summed E-state index contributed by atoms with van der Waals surface area (Å²) in [6.07, 6.45) is 2.71. The van der Waals surface area contributed by atoms with Crippen LogP contribution in [0.15, 0.2) is 25.0 Å². The number of rotatable bonds is 6. The molecule has 0 saturated carbocycles. The molecular formula is C8H14O3. The van der Waals surface area contributed by atoms with Crippen LogP contribution in [0.3, 0.4) is 0 Å². The molecule has 0 aliphatic carbocycles. The van der Waals surface area contributed by atoms with E-state index in [0.29, 0.717) is 19.2 Å². The van der Waals surface area contributed by atoms with Crippen molar-refractivity contribution >= 4 is 0 Å². The third-order valence-corrected chi connectivity index (χ3v) is 0.832. The van der Waals surface area contributed by atoms with Crippen molar-refractivity contribution in [3.05, 3.63) is 25.0 Å². The summed E-state index contributed by atoms with van der Waals surface area (Å²) in [4.78, 5) is 0. The first-order chi connectivity index (χ1) is 5.35. The molecule has 11 heavy (non-hydrogen) atoms. The maximum Gasteiger partial charge on any atom is 0.320 e. The molecule has 0 radical (unpaired) electrons. The Balaban J connectivity index is 3.74. The fourth-order valence-corrected chi connectivity index (χ4v) is 0.472. The minimum Gasteiger partial charge on any atom is -0.494 e. The van der Waals surface area contributed by atoms with Crippen molar-refractivity contribution in [2.45, 2.75) is 13.8 Å². The lowest BCUT2D eigenvalue weighted by atomic mass is 10.8. The molecular weight excluding hydrogens is 144 g/mol. The molecule has 3 heteroatoms. The van der Waals surface area contributed by atoms with Crippen molar-refractivity contribution < 1.29 is 14.2 Å². The van der Waals surface area contributed by atoms with Crippen LogP contribution in [0.25, 0.3) is 0 Å². The second-order valence-corrected chi connectivity index (χ2v) is 1.61. The quantitative estimate of drug-likeness (QED) is 0.553. The van der Waals surface area contributed by atoms with Crippen molar-refractivity contribution in [2.24, 2.45) is 0 Å². The molecule has 0 spiro atoms. The summed E-state index contributed by atoms with van der Waals surface area (Å²) in [5.74, 6) is 0.337. The lowest BCUT2D eigenvalue weighted by Crippen LogP contribution is -1.94. The molecule has 64 valence electrons. The Hall–Kier alpha value is -1.12. The number of hydrogen-bond donors (Lipinski definition) is 0. The van der Waals surface area contributed by atoms with Gasteiger partial charge in [0.2, 0.25) is 0 Å². The van der Waals surface area contributed by atoms with Gasteiger partial charge in [-0.15, -0.1) is 0 Å². The highest BCUT2D eigenvalue weighted by atomic mass is 16.7. The van der Waals surface area contributed by atoms with Crippen LogP contribution in [0.4, 0.5) is 0 Å². The van der Waals surface area contributed by atoms with Gasteiger partial charge in [0.1, 0.15) is 0 Å². The van der Waals surface area contributed by atoms with Gasteiger partial charge in [-0.25, -0.2) is 0 Å². The number of hydrogen-bond acceptors (Lipinski definition) is 3. The zero-order valence-electron chi connectivity index (χ0n) is 7.00. The molecule has 0 aromatic heterocycles. The summed E-state index contributed by atoms with van der Waals surface area (Å²) in [5.41, 5.74) is 0. The molecule has 0 atom stereocenters. The molecule has 0 aliphatic heterocycles. The van der Waals surface area contributed by atoms with Crippen LogP contribution in [-0.2, 0) is 14.2 Å². The van der Waals surface area contributed by atoms with Crippen LogP contribution < -0.4 is 0 Å². The van der Waals surface area contributed by atoms with Crippen LogP contribution in [0.1, 0.15) is 13.8 Å². The van der Waals surface area contributed by atoms with Gasteiger partial charge in [0.25, 0.3) is 0 Å². The zero-order chi connectivity index (χ0) is 8.53. The van der Waals surface area contributed by atoms with Crippen LogP contribution in [-0.4, -0.2) is 13.2 Å². The number of ether oxygens (including phenoxy) is 3. The van der Waals surface area contributed by atoms with E-state index < -0.39 is 0 Å². The highest BCUT2D eigenvalue weighted by Gasteiger charge is 1.94. The molecule has 0 aromatic carbocycles. The molecule has 3 nitrogen and oxygen atoms in total. The average molecular weight is 158 g/mol. The summed E-state index contributed by atoms with van der Waals surface area (Å²) >= 11 is 0. The lowest BCUT2D eigenvalue weighted by Gasteiger charge is -2.05. The van der Waals surface area contributed by atoms with Gasteiger partial charge in [-0.05, 0) is 13.8 Å². The molecule has 0 aliphatic rings. The van der Waals surface area contributed by atoms with Gasteiger partial charge >= 0.3 is 5.95 Å². The molecule has 0 bridgehead atoms. The Labute approximate surface area is 67.3 Å². The largest absolute Gasteiger partial charge is 0.494 e. The topological polar surface area (TPSA) is 27.7 Å². The Morgan fingerprint density at radius 2 is 2.09 bits per heavy atom. The van der Waals surface area contributed by atoms with Gasteiger partial charge in [0, 0.05) is 0 Å². The Morgan fingerprint density at radius 1 is 1.36 bits per heavy atom. The van der Waals surface area contributed by atoms with E-state index >= 15 is 0 Å². The minimum absolute atomic E-state index is 0.337. The van der Waals surface area contributed by atoms with Crippen molar-refractivity contribution in [1.82, 2.24) is 0 Å². The molecule has 0 unspecified atom stereocenters. The van der Waals surface area contributed by atoms with Gasteiger partial charge in [0.05, 0.1) is 19.5 Å². The van der Waals surface area contributed by atoms with E-state index in [4.69, 9.17) is 14.2 Å². The predicted molar refractivity (Wildman–Crippen MR) is 42.6 cm³/mol. The van der Waals surface area contributed by atoms with Gasteiger partial charge in [0.15, 0.2) is 6.26 Å². The van der Waals surface area contributed by atoms with Crippen LogP contribution >= 0.6 is 0 Å². The van der Waals surface area contributed by atoms with Crippen LogP contribution in [0.2, 0.25) is 0 Å². The van der Waals surface area contributed by atoms with E-state index in [1.54, 1.807) is 0 Å². The first-order valence-corrected chi connectivity index (χ1v) is 3.57. The van der Waals surface area contributed by atoms with E-state index in [1.807, 2.05) is 13.8 Å². The molecule has 0 N–H and O–H groups in total. The normalized spacial score (nSPS) is 10.5. The standard InChI is InChI=1S/C8H14O3/c1-4-9-7-8(10-5-2)11-6-3/h5,7H,2,4,6H2,1,3H3. The first-order valence-electron chi connectivity index (χ1n) is 3.57. The highest BCUT2D eigenvalue weighted by Crippen LogP contribution is 1.99. The highest BCUT2D eigenvalue weighted by molar-refractivity contribution is 4.78. The van der Waals surface area contributed by atoms with Gasteiger partial charge in [-0.1, -0.05) is 6.58 Å². The molecule has 0 heterocycles. The van der Waals surface area contributed by atoms with E-state index in [1.165, 1.54) is 12.5 Å². The maximum atomic E-state index is 5.03. The summed E-state index contributed by atoms with van der Waals surface area (Å²) in [6.45, 7) is 8.29. The molecule has 0 saturated heterocycles. The minimum atomic E-state index is 0.337. The molecule has 0 aromatic rings. The van der Waals surface area contributed by atoms with Crippen molar-refractivity contribution in [3.63, 3.8) is 0 Å². The monoisotopic (exact) mass is 158 g/mol. The molecule has 0 amide bonds. The van der Waals surface area contributed by atoms with E-state index in [9.17, 15) is 0 Å². The van der Waals surface area contributed by atoms with Crippen LogP contribution in [0.5, 0.6) is 0 Å². The van der Waals surface area contributed by atoms with Gasteiger partial charge in [-0.2, -0.15) is 0 Å². The first kappa shape index (κ1) is 9.88. The summed E-state index contributed by atoms with van der Waals surface area (Å²) in [7, 11) is 0. The van der Waals surface area contributed by atoms with Crippen LogP contribution in [0, 0.1) is 0 Å². The summed E-state index contributed by atoms with van der Waals surface area (Å²) in [5, 5.41) is 0. The van der Waals surface area contributed by atoms with Gasteiger partial charge < -0.3 is 14.2 Å². The maximum absolute atomic E-state index is 5.03. The second-order valence-electron chi connectivity index (χ2n) is 1.61. The fraction of sp³-hybridized carbons (Fsp3) is 0.500. The van der Waals surface area contributed by atoms with Gasteiger partial charge in [-0.3, -0.25) is 0 Å². The van der Waals surface area contributed by atoms with E-state index in [2.05, 4.69) is 6.58 Å². The fourth-order valence-electron chi connectivity index (χ4n) is 0.472. The molecule has 0 fully saturated rings.